The number of anilines is 1. The molecule has 8 nitrogen and oxygen atoms in total. The third-order valence-corrected chi connectivity index (χ3v) is 6.29. The van der Waals surface area contributed by atoms with Crippen LogP contribution in [0.3, 0.4) is 0 Å². The molecule has 5 aromatic rings. The third kappa shape index (κ3) is 3.43. The first-order valence-corrected chi connectivity index (χ1v) is 11.3. The lowest BCUT2D eigenvalue weighted by atomic mass is 10.0. The minimum Gasteiger partial charge on any atom is -0.305 e. The van der Waals surface area contributed by atoms with Gasteiger partial charge >= 0.3 is 0 Å². The van der Waals surface area contributed by atoms with Gasteiger partial charge < -0.3 is 4.57 Å². The van der Waals surface area contributed by atoms with Crippen LogP contribution in [0.15, 0.2) is 97.1 Å². The Morgan fingerprint density at radius 1 is 0.750 bits per heavy atom. The topological polar surface area (TPSA) is 98.3 Å². The summed E-state index contributed by atoms with van der Waals surface area (Å²) >= 11 is 0. The van der Waals surface area contributed by atoms with Gasteiger partial charge in [-0.25, -0.2) is 9.88 Å². The van der Waals surface area contributed by atoms with Crippen molar-refractivity contribution < 1.29 is 14.5 Å². The molecule has 1 aliphatic heterocycles. The SMILES string of the molecule is O=C1c2ccccc2C(=O)N1c1nc2cc([N+](=O)[O-])ccc2n1Cc1cccc(-c2ccccc2)c1. The van der Waals surface area contributed by atoms with E-state index >= 15 is 0 Å². The lowest BCUT2D eigenvalue weighted by Crippen LogP contribution is -2.32. The number of carbonyl (C=O) groups excluding carboxylic acids is 2. The van der Waals surface area contributed by atoms with Crippen molar-refractivity contribution in [2.75, 3.05) is 4.90 Å². The maximum Gasteiger partial charge on any atom is 0.271 e. The van der Waals surface area contributed by atoms with Crippen molar-refractivity contribution in [3.05, 3.63) is 124 Å². The normalized spacial score (nSPS) is 12.8. The maximum absolute atomic E-state index is 13.2. The summed E-state index contributed by atoms with van der Waals surface area (Å²) in [4.78, 5) is 43.0. The summed E-state index contributed by atoms with van der Waals surface area (Å²) in [6, 6.07) is 28.9. The molecule has 0 fully saturated rings. The molecule has 0 radical (unpaired) electrons. The highest BCUT2D eigenvalue weighted by atomic mass is 16.6. The number of rotatable bonds is 5. The van der Waals surface area contributed by atoms with Crippen LogP contribution in [0.2, 0.25) is 0 Å². The maximum atomic E-state index is 13.2. The Bertz CT molecular complexity index is 1660. The molecular formula is C28H18N4O4. The van der Waals surface area contributed by atoms with Crippen LogP contribution in [-0.2, 0) is 6.54 Å². The molecule has 0 atom stereocenters. The molecule has 0 saturated heterocycles. The van der Waals surface area contributed by atoms with E-state index in [9.17, 15) is 19.7 Å². The number of carbonyl (C=O) groups is 2. The summed E-state index contributed by atoms with van der Waals surface area (Å²) in [6.07, 6.45) is 0. The number of nitro benzene ring substituents is 1. The molecule has 0 N–H and O–H groups in total. The molecule has 0 saturated carbocycles. The van der Waals surface area contributed by atoms with Crippen LogP contribution < -0.4 is 4.90 Å². The Hall–Kier alpha value is -5.11. The van der Waals surface area contributed by atoms with Gasteiger partial charge in [0.15, 0.2) is 0 Å². The van der Waals surface area contributed by atoms with Crippen molar-refractivity contribution in [3.63, 3.8) is 0 Å². The standard InChI is InChI=1S/C28H18N4O4/c33-26-22-11-4-5-12-23(22)27(34)31(26)28-29-24-16-21(32(35)36)13-14-25(24)30(28)17-18-7-6-10-20(15-18)19-8-2-1-3-9-19/h1-16H,17H2. The highest BCUT2D eigenvalue weighted by Crippen LogP contribution is 2.33. The van der Waals surface area contributed by atoms with Gasteiger partial charge in [-0.15, -0.1) is 0 Å². The second kappa shape index (κ2) is 8.28. The quantitative estimate of drug-likeness (QED) is 0.191. The van der Waals surface area contributed by atoms with Crippen molar-refractivity contribution in [3.8, 4) is 11.1 Å². The van der Waals surface area contributed by atoms with Crippen LogP contribution in [0.5, 0.6) is 0 Å². The molecule has 0 unspecified atom stereocenters. The van der Waals surface area contributed by atoms with Crippen LogP contribution in [0, 0.1) is 10.1 Å². The van der Waals surface area contributed by atoms with Gasteiger partial charge in [0.25, 0.3) is 17.5 Å². The van der Waals surface area contributed by atoms with Gasteiger partial charge in [0.1, 0.15) is 0 Å². The van der Waals surface area contributed by atoms with E-state index in [4.69, 9.17) is 0 Å². The first-order valence-electron chi connectivity index (χ1n) is 11.3. The van der Waals surface area contributed by atoms with Crippen molar-refractivity contribution in [1.82, 2.24) is 9.55 Å². The Labute approximate surface area is 205 Å². The van der Waals surface area contributed by atoms with Crippen molar-refractivity contribution in [2.24, 2.45) is 0 Å². The van der Waals surface area contributed by atoms with E-state index in [1.54, 1.807) is 34.9 Å². The van der Waals surface area contributed by atoms with E-state index in [1.165, 1.54) is 12.1 Å². The van der Waals surface area contributed by atoms with Crippen LogP contribution in [-0.4, -0.2) is 26.3 Å². The number of aromatic nitrogens is 2. The van der Waals surface area contributed by atoms with Crippen molar-refractivity contribution >= 4 is 34.5 Å². The predicted octanol–water partition coefficient (Wildman–Crippen LogP) is 5.46. The third-order valence-electron chi connectivity index (χ3n) is 6.29. The number of imide groups is 1. The summed E-state index contributed by atoms with van der Waals surface area (Å²) in [6.45, 7) is 0.303. The highest BCUT2D eigenvalue weighted by molar-refractivity contribution is 6.34. The lowest BCUT2D eigenvalue weighted by Gasteiger charge is -2.16. The van der Waals surface area contributed by atoms with E-state index in [0.29, 0.717) is 28.7 Å². The van der Waals surface area contributed by atoms with Crippen molar-refractivity contribution in [1.29, 1.82) is 0 Å². The van der Waals surface area contributed by atoms with Gasteiger partial charge in [-0.2, -0.15) is 0 Å². The Morgan fingerprint density at radius 3 is 2.11 bits per heavy atom. The summed E-state index contributed by atoms with van der Waals surface area (Å²) in [7, 11) is 0. The molecule has 0 spiro atoms. The Morgan fingerprint density at radius 2 is 1.42 bits per heavy atom. The largest absolute Gasteiger partial charge is 0.305 e. The van der Waals surface area contributed by atoms with E-state index in [1.807, 2.05) is 54.6 Å². The zero-order valence-corrected chi connectivity index (χ0v) is 18.9. The Kier molecular flexibility index (Phi) is 4.93. The van der Waals surface area contributed by atoms with Crippen molar-refractivity contribution in [2.45, 2.75) is 6.54 Å². The van der Waals surface area contributed by atoms with Gasteiger partial charge in [0, 0.05) is 12.1 Å². The second-order valence-electron chi connectivity index (χ2n) is 8.49. The number of hydrogen-bond acceptors (Lipinski definition) is 5. The van der Waals surface area contributed by atoms with E-state index in [2.05, 4.69) is 4.98 Å². The van der Waals surface area contributed by atoms with Gasteiger partial charge in [-0.1, -0.05) is 60.7 Å². The molecule has 174 valence electrons. The zero-order chi connectivity index (χ0) is 24.8. The zero-order valence-electron chi connectivity index (χ0n) is 18.9. The minimum absolute atomic E-state index is 0.118. The number of fused-ring (bicyclic) bond motifs is 2. The molecule has 1 aliphatic rings. The second-order valence-corrected chi connectivity index (χ2v) is 8.49. The molecule has 2 heterocycles. The minimum atomic E-state index is -0.497. The van der Waals surface area contributed by atoms with Crippen LogP contribution in [0.4, 0.5) is 11.6 Å². The van der Waals surface area contributed by atoms with Gasteiger partial charge in [0.2, 0.25) is 5.95 Å². The first kappa shape index (κ1) is 21.4. The van der Waals surface area contributed by atoms with Gasteiger partial charge in [-0.3, -0.25) is 19.7 Å². The average Bonchev–Trinajstić information content (AvgIpc) is 3.38. The molecule has 0 aliphatic carbocycles. The molecule has 1 aromatic heterocycles. The van der Waals surface area contributed by atoms with Crippen LogP contribution in [0.25, 0.3) is 22.2 Å². The van der Waals surface area contributed by atoms with Crippen LogP contribution >= 0.6 is 0 Å². The fourth-order valence-electron chi connectivity index (χ4n) is 4.58. The molecule has 2 amide bonds. The number of nitro groups is 1. The number of nitrogens with zero attached hydrogens (tertiary/aromatic N) is 4. The molecule has 6 rings (SSSR count). The summed E-state index contributed by atoms with van der Waals surface area (Å²) in [5, 5.41) is 11.4. The number of imidazole rings is 1. The summed E-state index contributed by atoms with van der Waals surface area (Å²) in [5.74, 6) is -0.818. The highest BCUT2D eigenvalue weighted by Gasteiger charge is 2.39. The fourth-order valence-corrected chi connectivity index (χ4v) is 4.58. The van der Waals surface area contributed by atoms with E-state index < -0.39 is 16.7 Å². The molecular weight excluding hydrogens is 456 g/mol. The summed E-state index contributed by atoms with van der Waals surface area (Å²) < 4.78 is 1.75. The van der Waals surface area contributed by atoms with Gasteiger partial charge in [0.05, 0.1) is 33.6 Å². The van der Waals surface area contributed by atoms with Crippen LogP contribution in [0.1, 0.15) is 26.3 Å². The van der Waals surface area contributed by atoms with E-state index in [-0.39, 0.29) is 11.6 Å². The van der Waals surface area contributed by atoms with Gasteiger partial charge in [-0.05, 0) is 41.0 Å². The molecule has 0 bridgehead atoms. The summed E-state index contributed by atoms with van der Waals surface area (Å²) in [5.41, 5.74) is 4.41. The fraction of sp³-hybridized carbons (Fsp3) is 0.0357. The number of non-ortho nitro benzene ring substituents is 1. The first-order chi connectivity index (χ1) is 17.5. The predicted molar refractivity (Wildman–Crippen MR) is 135 cm³/mol. The number of amides is 2. The number of hydrogen-bond donors (Lipinski definition) is 0. The van der Waals surface area contributed by atoms with E-state index in [0.717, 1.165) is 21.6 Å². The monoisotopic (exact) mass is 474 g/mol. The average molecular weight is 474 g/mol. The molecule has 36 heavy (non-hydrogen) atoms. The lowest BCUT2D eigenvalue weighted by molar-refractivity contribution is -0.384. The number of benzene rings is 4. The molecule has 8 heteroatoms. The smallest absolute Gasteiger partial charge is 0.271 e. The Balaban J connectivity index is 1.49. The molecule has 4 aromatic carbocycles.